The molecule has 13 rings (SSSR count). The Labute approximate surface area is 502 Å². The summed E-state index contributed by atoms with van der Waals surface area (Å²) in [6.45, 7) is 20.3. The van der Waals surface area contributed by atoms with E-state index in [1.54, 1.807) is 0 Å². The molecule has 8 nitrogen and oxygen atoms in total. The van der Waals surface area contributed by atoms with Crippen molar-refractivity contribution in [3.05, 3.63) is 246 Å². The van der Waals surface area contributed by atoms with E-state index in [4.69, 9.17) is 15.0 Å². The summed E-state index contributed by atoms with van der Waals surface area (Å²) >= 11 is 0. The molecule has 0 amide bonds. The van der Waals surface area contributed by atoms with Crippen LogP contribution in [0.4, 0.5) is 0 Å². The average molecular weight is 1110 g/mol. The molecule has 0 aliphatic heterocycles. The quantitative estimate of drug-likeness (QED) is 0.149. The molecule has 0 spiro atoms. The van der Waals surface area contributed by atoms with E-state index < -0.39 is 0 Å². The zero-order chi connectivity index (χ0) is 59.8. The molecule has 3 aromatic heterocycles. The lowest BCUT2D eigenvalue weighted by atomic mass is 9.85. The highest BCUT2D eigenvalue weighted by Crippen LogP contribution is 2.44. The van der Waals surface area contributed by atoms with Crippen molar-refractivity contribution in [1.29, 1.82) is 15.8 Å². The molecule has 0 N–H and O–H groups in total. The Morgan fingerprint density at radius 2 is 0.651 bits per heavy atom. The lowest BCUT2D eigenvalue weighted by Crippen LogP contribution is -2.10. The fourth-order valence-electron chi connectivity index (χ4n) is 11.9. The maximum absolute atomic E-state index is 10.2. The SMILES string of the molecule is CC(C)(C)c1ccc2c(c1)c1ccccc1n2-c1cc(-c2cccc(C#N)c2)ccc1-c1nc(-c2ccc(-c3ccc(C#N)cc3)cc2)nc(-c2ccc(-c3cccc(C#N)c3)cc2-n2c3ccc(C(C)(C)C)cc3c3cc(C(C)(C)C)ccc32)n1. The van der Waals surface area contributed by atoms with Crippen molar-refractivity contribution >= 4 is 43.6 Å². The highest BCUT2D eigenvalue weighted by Gasteiger charge is 2.27. The van der Waals surface area contributed by atoms with Crippen molar-refractivity contribution < 1.29 is 0 Å². The molecule has 10 aromatic carbocycles. The second-order valence-corrected chi connectivity index (χ2v) is 25.6. The maximum Gasteiger partial charge on any atom is 0.166 e. The summed E-state index contributed by atoms with van der Waals surface area (Å²) in [5.74, 6) is 1.41. The van der Waals surface area contributed by atoms with Gasteiger partial charge in [-0.3, -0.25) is 0 Å². The van der Waals surface area contributed by atoms with E-state index >= 15 is 0 Å². The molecule has 3 heterocycles. The topological polar surface area (TPSA) is 120 Å². The zero-order valence-electron chi connectivity index (χ0n) is 49.8. The number of hydrogen-bond acceptors (Lipinski definition) is 6. The highest BCUT2D eigenvalue weighted by atomic mass is 15.1. The number of hydrogen-bond donors (Lipinski definition) is 0. The van der Waals surface area contributed by atoms with E-state index in [-0.39, 0.29) is 16.2 Å². The van der Waals surface area contributed by atoms with Crippen LogP contribution in [0.2, 0.25) is 0 Å². The van der Waals surface area contributed by atoms with E-state index in [2.05, 4.69) is 235 Å². The first-order valence-corrected chi connectivity index (χ1v) is 29.2. The molecule has 86 heavy (non-hydrogen) atoms. The van der Waals surface area contributed by atoms with Crippen molar-refractivity contribution in [2.75, 3.05) is 0 Å². The number of rotatable bonds is 8. The maximum atomic E-state index is 10.2. The monoisotopic (exact) mass is 1110 g/mol. The van der Waals surface area contributed by atoms with Crippen LogP contribution < -0.4 is 0 Å². The molecular formula is C78H62N8. The second kappa shape index (κ2) is 20.9. The van der Waals surface area contributed by atoms with Crippen molar-refractivity contribution in [1.82, 2.24) is 24.1 Å². The van der Waals surface area contributed by atoms with Crippen LogP contribution in [0.25, 0.3) is 123 Å². The predicted molar refractivity (Wildman–Crippen MR) is 351 cm³/mol. The van der Waals surface area contributed by atoms with E-state index in [0.717, 1.165) is 105 Å². The number of benzene rings is 10. The minimum Gasteiger partial charge on any atom is -0.308 e. The Morgan fingerprint density at radius 3 is 1.08 bits per heavy atom. The number of fused-ring (bicyclic) bond motifs is 6. The molecular weight excluding hydrogens is 1050 g/mol. The molecule has 0 saturated heterocycles. The van der Waals surface area contributed by atoms with Gasteiger partial charge < -0.3 is 9.13 Å². The van der Waals surface area contributed by atoms with Crippen LogP contribution in [-0.4, -0.2) is 24.1 Å². The summed E-state index contributed by atoms with van der Waals surface area (Å²) in [7, 11) is 0. The third-order valence-corrected chi connectivity index (χ3v) is 16.8. The summed E-state index contributed by atoms with van der Waals surface area (Å²) < 4.78 is 4.70. The zero-order valence-corrected chi connectivity index (χ0v) is 49.8. The van der Waals surface area contributed by atoms with Gasteiger partial charge in [0.25, 0.3) is 0 Å². The number of nitriles is 3. The van der Waals surface area contributed by atoms with Crippen LogP contribution in [0.5, 0.6) is 0 Å². The van der Waals surface area contributed by atoms with Gasteiger partial charge in [-0.15, -0.1) is 0 Å². The van der Waals surface area contributed by atoms with Gasteiger partial charge in [-0.2, -0.15) is 15.8 Å². The number of nitrogens with zero attached hydrogens (tertiary/aromatic N) is 8. The van der Waals surface area contributed by atoms with Gasteiger partial charge in [0.2, 0.25) is 0 Å². The van der Waals surface area contributed by atoms with Crippen LogP contribution in [0.15, 0.2) is 212 Å². The van der Waals surface area contributed by atoms with Crippen molar-refractivity contribution in [2.24, 2.45) is 0 Å². The van der Waals surface area contributed by atoms with Crippen LogP contribution in [-0.2, 0) is 16.2 Å². The molecule has 8 heteroatoms. The number of aromatic nitrogens is 5. The normalized spacial score (nSPS) is 12.0. The summed E-state index contributed by atoms with van der Waals surface area (Å²) in [6, 6.07) is 80.3. The van der Waals surface area contributed by atoms with Crippen molar-refractivity contribution in [3.63, 3.8) is 0 Å². The van der Waals surface area contributed by atoms with Gasteiger partial charge in [0, 0.05) is 38.2 Å². The van der Waals surface area contributed by atoms with Crippen LogP contribution in [0, 0.1) is 34.0 Å². The van der Waals surface area contributed by atoms with Gasteiger partial charge in [0.05, 0.1) is 68.3 Å². The molecule has 13 aromatic rings. The lowest BCUT2D eigenvalue weighted by Gasteiger charge is -2.20. The Bertz CT molecular complexity index is 4940. The second-order valence-electron chi connectivity index (χ2n) is 25.6. The molecule has 0 fully saturated rings. The Balaban J connectivity index is 1.12. The van der Waals surface area contributed by atoms with Crippen molar-refractivity contribution in [2.45, 2.75) is 78.6 Å². The molecule has 0 saturated carbocycles. The molecule has 0 aliphatic carbocycles. The first-order valence-electron chi connectivity index (χ1n) is 29.2. The van der Waals surface area contributed by atoms with E-state index in [1.165, 1.54) is 16.7 Å². The minimum absolute atomic E-state index is 0.0895. The standard InChI is InChI=1S/C78H62N8/c1-76(2,3)58-30-35-68-64(42-58)61-18-10-11-19-67(61)85(68)71-40-56(54-16-12-14-49(38-54)46-80)28-33-62(71)74-82-73(53-26-24-52(25-27-53)51-22-20-48(45-79)21-23-51)83-75(84-74)63-34-29-57(55-17-13-15-50(39-55)47-81)41-72(63)86-69-36-31-59(77(4,5)6)43-65(69)66-44-60(78(7,8)9)32-37-70(66)86/h10-44H,1-9H3. The van der Waals surface area contributed by atoms with Gasteiger partial charge >= 0.3 is 0 Å². The Kier molecular flexibility index (Phi) is 13.2. The van der Waals surface area contributed by atoms with Gasteiger partial charge in [-0.1, -0.05) is 172 Å². The number of para-hydroxylation sites is 1. The smallest absolute Gasteiger partial charge is 0.166 e. The van der Waals surface area contributed by atoms with E-state index in [1.807, 2.05) is 66.7 Å². The predicted octanol–water partition coefficient (Wildman–Crippen LogP) is 19.6. The average Bonchev–Trinajstić information content (AvgIpc) is 1.69. The van der Waals surface area contributed by atoms with E-state index in [0.29, 0.717) is 34.2 Å². The van der Waals surface area contributed by atoms with Gasteiger partial charge in [0.15, 0.2) is 17.5 Å². The van der Waals surface area contributed by atoms with E-state index in [9.17, 15) is 15.8 Å². The Morgan fingerprint density at radius 1 is 0.291 bits per heavy atom. The van der Waals surface area contributed by atoms with Crippen molar-refractivity contribution in [3.8, 4) is 97.1 Å². The highest BCUT2D eigenvalue weighted by molar-refractivity contribution is 6.11. The molecule has 0 atom stereocenters. The minimum atomic E-state index is -0.106. The van der Waals surface area contributed by atoms with Crippen LogP contribution in [0.3, 0.4) is 0 Å². The summed E-state index contributed by atoms with van der Waals surface area (Å²) in [6.07, 6.45) is 0. The van der Waals surface area contributed by atoms with Gasteiger partial charge in [0.1, 0.15) is 0 Å². The largest absolute Gasteiger partial charge is 0.308 e. The first-order chi connectivity index (χ1) is 41.3. The van der Waals surface area contributed by atoms with Crippen LogP contribution >= 0.6 is 0 Å². The molecule has 0 unspecified atom stereocenters. The first kappa shape index (κ1) is 54.5. The molecule has 0 radical (unpaired) electrons. The molecule has 0 bridgehead atoms. The fraction of sp³-hybridized carbons (Fsp3) is 0.154. The molecule has 414 valence electrons. The van der Waals surface area contributed by atoms with Crippen LogP contribution in [0.1, 0.15) is 95.7 Å². The lowest BCUT2D eigenvalue weighted by molar-refractivity contribution is 0.590. The fourth-order valence-corrected chi connectivity index (χ4v) is 11.9. The summed E-state index contributed by atoms with van der Waals surface area (Å²) in [4.78, 5) is 16.7. The summed E-state index contributed by atoms with van der Waals surface area (Å²) in [5.41, 5.74) is 19.0. The molecule has 0 aliphatic rings. The van der Waals surface area contributed by atoms with Gasteiger partial charge in [-0.25, -0.2) is 15.0 Å². The van der Waals surface area contributed by atoms with Gasteiger partial charge in [-0.05, 0) is 169 Å². The summed E-state index contributed by atoms with van der Waals surface area (Å²) in [5, 5.41) is 34.4. The Hall–Kier alpha value is -10.7. The third-order valence-electron chi connectivity index (χ3n) is 16.8. The third kappa shape index (κ3) is 9.84.